The molecule has 10 heteroatoms. The number of methoxy groups -OCH3 is 3. The second-order valence-electron chi connectivity index (χ2n) is 8.94. The Hall–Kier alpha value is -2.98. The zero-order valence-electron chi connectivity index (χ0n) is 21.7. The molecule has 0 spiro atoms. The van der Waals surface area contributed by atoms with E-state index in [0.717, 1.165) is 32.1 Å². The van der Waals surface area contributed by atoms with Crippen LogP contribution in [0.4, 0.5) is 0 Å². The maximum absolute atomic E-state index is 13.5. The summed E-state index contributed by atoms with van der Waals surface area (Å²) in [6, 6.07) is 9.65. The Labute approximate surface area is 228 Å². The fourth-order valence-corrected chi connectivity index (χ4v) is 6.48. The van der Waals surface area contributed by atoms with Crippen LogP contribution in [0, 0.1) is 13.8 Å². The van der Waals surface area contributed by atoms with E-state index in [1.54, 1.807) is 18.8 Å². The van der Waals surface area contributed by atoms with E-state index in [2.05, 4.69) is 28.2 Å². The number of ether oxygens (including phenoxy) is 3. The van der Waals surface area contributed by atoms with Crippen molar-refractivity contribution < 1.29 is 23.8 Å². The van der Waals surface area contributed by atoms with Crippen molar-refractivity contribution in [1.82, 2.24) is 9.88 Å². The first-order chi connectivity index (χ1) is 17.7. The van der Waals surface area contributed by atoms with Crippen molar-refractivity contribution in [3.8, 4) is 11.5 Å². The number of aryl methyl sites for hydroxylation is 2. The van der Waals surface area contributed by atoms with Crippen LogP contribution in [0.1, 0.15) is 40.5 Å². The highest BCUT2D eigenvalue weighted by Gasteiger charge is 2.39. The number of amidine groups is 1. The third-order valence-electron chi connectivity index (χ3n) is 6.62. The number of amides is 1. The smallest absolute Gasteiger partial charge is 0.325 e. The Bertz CT molecular complexity index is 1420. The standard InChI is InChI=1S/C27H30BrN3O5S/c1-7-27(18-11-19(28)22(35-5)12-21(18)34-4)14-37-26(30-27)29-25(33)20-10-17-9-15(2)8-16(3)24(17)31(20)13-23(32)36-6/h8-12H,7,13-14H2,1-6H3,(H,29,30,33). The summed E-state index contributed by atoms with van der Waals surface area (Å²) in [5.74, 6) is 1.21. The highest BCUT2D eigenvalue weighted by Crippen LogP contribution is 2.46. The molecule has 0 radical (unpaired) electrons. The lowest BCUT2D eigenvalue weighted by Crippen LogP contribution is -2.30. The molecule has 1 N–H and O–H groups in total. The summed E-state index contributed by atoms with van der Waals surface area (Å²) in [5, 5.41) is 4.39. The minimum atomic E-state index is -0.583. The Morgan fingerprint density at radius 2 is 1.84 bits per heavy atom. The second-order valence-corrected chi connectivity index (χ2v) is 10.8. The highest BCUT2D eigenvalue weighted by molar-refractivity contribution is 9.10. The third-order valence-corrected chi connectivity index (χ3v) is 8.33. The number of benzene rings is 2. The van der Waals surface area contributed by atoms with Gasteiger partial charge >= 0.3 is 5.97 Å². The van der Waals surface area contributed by atoms with E-state index in [9.17, 15) is 9.59 Å². The number of nitrogens with one attached hydrogen (secondary N) is 1. The fourth-order valence-electron chi connectivity index (χ4n) is 4.77. The fraction of sp³-hybridized carbons (Fsp3) is 0.370. The van der Waals surface area contributed by atoms with Crippen molar-refractivity contribution in [3.05, 3.63) is 57.2 Å². The maximum atomic E-state index is 13.5. The van der Waals surface area contributed by atoms with Crippen LogP contribution in [-0.2, 0) is 21.6 Å². The molecule has 8 nitrogen and oxygen atoms in total. The molecule has 0 saturated carbocycles. The van der Waals surface area contributed by atoms with E-state index in [0.29, 0.717) is 34.5 Å². The van der Waals surface area contributed by atoms with Gasteiger partial charge < -0.3 is 18.8 Å². The van der Waals surface area contributed by atoms with Gasteiger partial charge in [0.15, 0.2) is 5.17 Å². The van der Waals surface area contributed by atoms with E-state index in [-0.39, 0.29) is 12.5 Å². The van der Waals surface area contributed by atoms with Crippen LogP contribution in [0.15, 0.2) is 39.8 Å². The van der Waals surface area contributed by atoms with Gasteiger partial charge in [-0.2, -0.15) is 0 Å². The number of esters is 1. The summed E-state index contributed by atoms with van der Waals surface area (Å²) in [6.45, 7) is 5.97. The minimum absolute atomic E-state index is 0.0672. The number of aromatic nitrogens is 1. The number of fused-ring (bicyclic) bond motifs is 1. The molecule has 0 aliphatic carbocycles. The van der Waals surface area contributed by atoms with Crippen LogP contribution in [-0.4, -0.2) is 48.7 Å². The summed E-state index contributed by atoms with van der Waals surface area (Å²) in [4.78, 5) is 30.7. The molecule has 196 valence electrons. The highest BCUT2D eigenvalue weighted by atomic mass is 79.9. The molecule has 4 rings (SSSR count). The molecule has 2 aromatic carbocycles. The molecule has 0 fully saturated rings. The predicted molar refractivity (Wildman–Crippen MR) is 150 cm³/mol. The number of carbonyl (C=O) groups is 2. The molecule has 0 saturated heterocycles. The average molecular weight is 589 g/mol. The van der Waals surface area contributed by atoms with Crippen molar-refractivity contribution in [2.75, 3.05) is 27.1 Å². The molecular weight excluding hydrogens is 558 g/mol. The van der Waals surface area contributed by atoms with Crippen molar-refractivity contribution in [1.29, 1.82) is 0 Å². The van der Waals surface area contributed by atoms with E-state index < -0.39 is 11.5 Å². The van der Waals surface area contributed by atoms with Gasteiger partial charge in [-0.3, -0.25) is 14.9 Å². The van der Waals surface area contributed by atoms with E-state index in [4.69, 9.17) is 19.2 Å². The van der Waals surface area contributed by atoms with Gasteiger partial charge in [0.05, 0.1) is 31.3 Å². The summed E-state index contributed by atoms with van der Waals surface area (Å²) in [6.07, 6.45) is 0.704. The zero-order chi connectivity index (χ0) is 26.9. The third kappa shape index (κ3) is 5.09. The van der Waals surface area contributed by atoms with E-state index in [1.807, 2.05) is 44.2 Å². The normalized spacial score (nSPS) is 17.0. The first kappa shape index (κ1) is 27.1. The average Bonchev–Trinajstić information content (AvgIpc) is 3.45. The molecule has 37 heavy (non-hydrogen) atoms. The van der Waals surface area contributed by atoms with Crippen molar-refractivity contribution in [2.45, 2.75) is 39.3 Å². The Kier molecular flexibility index (Phi) is 7.89. The zero-order valence-corrected chi connectivity index (χ0v) is 24.1. The number of aliphatic imine (C=N–C) groups is 1. The van der Waals surface area contributed by atoms with E-state index >= 15 is 0 Å². The number of rotatable bonds is 7. The van der Waals surface area contributed by atoms with Crippen molar-refractivity contribution in [2.24, 2.45) is 4.99 Å². The number of thioether (sulfide) groups is 1. The maximum Gasteiger partial charge on any atom is 0.325 e. The lowest BCUT2D eigenvalue weighted by molar-refractivity contribution is -0.141. The molecule has 1 atom stereocenters. The largest absolute Gasteiger partial charge is 0.496 e. The van der Waals surface area contributed by atoms with Crippen LogP contribution >= 0.6 is 27.7 Å². The van der Waals surface area contributed by atoms with Gasteiger partial charge in [0, 0.05) is 22.8 Å². The molecule has 1 aliphatic rings. The van der Waals surface area contributed by atoms with Gasteiger partial charge in [0.25, 0.3) is 5.91 Å². The predicted octanol–water partition coefficient (Wildman–Crippen LogP) is 5.35. The summed E-state index contributed by atoms with van der Waals surface area (Å²) < 4.78 is 18.5. The lowest BCUT2D eigenvalue weighted by Gasteiger charge is -2.27. The Balaban J connectivity index is 1.71. The van der Waals surface area contributed by atoms with Crippen molar-refractivity contribution >= 4 is 55.6 Å². The molecule has 1 aromatic heterocycles. The topological polar surface area (TPSA) is 91.2 Å². The number of carbonyl (C=O) groups excluding carboxylic acids is 2. The van der Waals surface area contributed by atoms with Crippen LogP contribution in [0.25, 0.3) is 10.9 Å². The molecule has 3 aromatic rings. The van der Waals surface area contributed by atoms with Crippen LogP contribution in [0.2, 0.25) is 0 Å². The minimum Gasteiger partial charge on any atom is -0.496 e. The van der Waals surface area contributed by atoms with Crippen LogP contribution in [0.5, 0.6) is 11.5 Å². The Morgan fingerprint density at radius 3 is 2.49 bits per heavy atom. The molecule has 1 unspecified atom stereocenters. The Morgan fingerprint density at radius 1 is 1.11 bits per heavy atom. The van der Waals surface area contributed by atoms with Gasteiger partial charge in [0.1, 0.15) is 29.3 Å². The molecule has 1 aliphatic heterocycles. The molecule has 2 heterocycles. The number of nitrogens with zero attached hydrogens (tertiary/aromatic N) is 2. The first-order valence-electron chi connectivity index (χ1n) is 11.8. The summed E-state index contributed by atoms with van der Waals surface area (Å²) in [7, 11) is 4.56. The van der Waals surface area contributed by atoms with E-state index in [1.165, 1.54) is 18.9 Å². The second kappa shape index (κ2) is 10.8. The lowest BCUT2D eigenvalue weighted by atomic mass is 9.89. The van der Waals surface area contributed by atoms with Gasteiger partial charge in [0.2, 0.25) is 0 Å². The quantitative estimate of drug-likeness (QED) is 0.375. The summed E-state index contributed by atoms with van der Waals surface area (Å²) in [5.41, 5.74) is 3.59. The van der Waals surface area contributed by atoms with Gasteiger partial charge in [-0.25, -0.2) is 4.99 Å². The molecule has 0 bridgehead atoms. The molecule has 1 amide bonds. The summed E-state index contributed by atoms with van der Waals surface area (Å²) >= 11 is 5.05. The number of halogens is 1. The van der Waals surface area contributed by atoms with Crippen molar-refractivity contribution in [3.63, 3.8) is 0 Å². The van der Waals surface area contributed by atoms with Gasteiger partial charge in [-0.1, -0.05) is 30.3 Å². The van der Waals surface area contributed by atoms with Gasteiger partial charge in [-0.15, -0.1) is 0 Å². The van der Waals surface area contributed by atoms with Crippen LogP contribution in [0.3, 0.4) is 0 Å². The van der Waals surface area contributed by atoms with Crippen LogP contribution < -0.4 is 14.8 Å². The van der Waals surface area contributed by atoms with Gasteiger partial charge in [-0.05, 0) is 60.0 Å². The first-order valence-corrected chi connectivity index (χ1v) is 13.6. The monoisotopic (exact) mass is 587 g/mol. The number of hydrogen-bond donors (Lipinski definition) is 1. The SMILES string of the molecule is CCC1(c2cc(Br)c(OC)cc2OC)CSC(NC(=O)c2cc3cc(C)cc(C)c3n2CC(=O)OC)=N1. The number of hydrogen-bond acceptors (Lipinski definition) is 7. The molecular formula is C27H30BrN3O5S.